The average molecular weight is 292 g/mol. The lowest BCUT2D eigenvalue weighted by atomic mass is 10.4. The fraction of sp³-hybridized carbons (Fsp3) is 0.500. The van der Waals surface area contributed by atoms with Gasteiger partial charge in [-0.15, -0.1) is 0 Å². The lowest BCUT2D eigenvalue weighted by Crippen LogP contribution is -2.24. The molecule has 8 heteroatoms. The summed E-state index contributed by atoms with van der Waals surface area (Å²) in [6.45, 7) is 3.02. The van der Waals surface area contributed by atoms with Crippen LogP contribution in [0.1, 0.15) is 13.8 Å². The maximum Gasteiger partial charge on any atom is 0.198 e. The second kappa shape index (κ2) is 5.23. The Kier molecular flexibility index (Phi) is 4.33. The highest BCUT2D eigenvalue weighted by Crippen LogP contribution is 2.16. The normalized spacial score (nSPS) is 12.8. The van der Waals surface area contributed by atoms with E-state index in [0.29, 0.717) is 0 Å². The lowest BCUT2D eigenvalue weighted by Gasteiger charge is -2.09. The van der Waals surface area contributed by atoms with Gasteiger partial charge in [0.15, 0.2) is 24.7 Å². The van der Waals surface area contributed by atoms with Gasteiger partial charge in [-0.3, -0.25) is 0 Å². The minimum Gasteiger partial charge on any atom is -0.396 e. The van der Waals surface area contributed by atoms with E-state index in [2.05, 4.69) is 4.98 Å². The van der Waals surface area contributed by atoms with Crippen molar-refractivity contribution in [3.63, 3.8) is 0 Å². The summed E-state index contributed by atoms with van der Waals surface area (Å²) in [5, 5.41) is -0.863. The number of hydrogen-bond donors (Lipinski definition) is 1. The Morgan fingerprint density at radius 1 is 1.22 bits per heavy atom. The van der Waals surface area contributed by atoms with Crippen LogP contribution >= 0.6 is 0 Å². The van der Waals surface area contributed by atoms with Crippen LogP contribution in [-0.4, -0.2) is 38.6 Å². The molecule has 1 heterocycles. The Bertz CT molecular complexity index is 621. The molecule has 0 radical (unpaired) electrons. The summed E-state index contributed by atoms with van der Waals surface area (Å²) in [4.78, 5) is 3.69. The van der Waals surface area contributed by atoms with Crippen LogP contribution in [0, 0.1) is 0 Å². The molecule has 0 spiro atoms. The number of sulfone groups is 2. The SMILES string of the molecule is CC(C)S(=O)(=O)CCS(=O)(=O)c1ncccc1N. The molecular formula is C10H16N2O4S2. The highest BCUT2D eigenvalue weighted by Gasteiger charge is 2.24. The van der Waals surface area contributed by atoms with Crippen LogP contribution in [0.25, 0.3) is 0 Å². The van der Waals surface area contributed by atoms with Gasteiger partial charge in [-0.25, -0.2) is 21.8 Å². The first kappa shape index (κ1) is 14.9. The molecule has 0 fully saturated rings. The summed E-state index contributed by atoms with van der Waals surface area (Å²) in [7, 11) is -7.17. The van der Waals surface area contributed by atoms with Crippen LogP contribution in [-0.2, 0) is 19.7 Å². The van der Waals surface area contributed by atoms with Gasteiger partial charge >= 0.3 is 0 Å². The van der Waals surface area contributed by atoms with Gasteiger partial charge in [-0.05, 0) is 26.0 Å². The third kappa shape index (κ3) is 3.42. The summed E-state index contributed by atoms with van der Waals surface area (Å²) in [6, 6.07) is 2.93. The van der Waals surface area contributed by atoms with E-state index in [0.717, 1.165) is 0 Å². The van der Waals surface area contributed by atoms with E-state index in [-0.39, 0.29) is 10.7 Å². The minimum atomic E-state index is -3.77. The third-order valence-electron chi connectivity index (χ3n) is 2.45. The van der Waals surface area contributed by atoms with Gasteiger partial charge in [0.25, 0.3) is 0 Å². The number of nitrogens with two attached hydrogens (primary N) is 1. The zero-order chi connectivity index (χ0) is 14.0. The zero-order valence-electron chi connectivity index (χ0n) is 10.2. The minimum absolute atomic E-state index is 0.0273. The molecule has 18 heavy (non-hydrogen) atoms. The number of nitrogen functional groups attached to an aromatic ring is 1. The Balaban J connectivity index is 2.95. The molecule has 0 atom stereocenters. The molecule has 0 unspecified atom stereocenters. The molecule has 0 bridgehead atoms. The molecule has 0 saturated carbocycles. The summed E-state index contributed by atoms with van der Waals surface area (Å²) in [5.74, 6) is -0.933. The first-order valence-corrected chi connectivity index (χ1v) is 8.68. The quantitative estimate of drug-likeness (QED) is 0.834. The van der Waals surface area contributed by atoms with E-state index < -0.39 is 36.4 Å². The molecule has 1 aromatic heterocycles. The van der Waals surface area contributed by atoms with Crippen molar-refractivity contribution >= 4 is 25.4 Å². The Hall–Kier alpha value is -1.15. The summed E-state index contributed by atoms with van der Waals surface area (Å²) in [5.41, 5.74) is 5.54. The number of nitrogens with zero attached hydrogens (tertiary/aromatic N) is 1. The predicted molar refractivity (Wildman–Crippen MR) is 69.6 cm³/mol. The number of hydrogen-bond acceptors (Lipinski definition) is 6. The molecule has 0 aliphatic rings. The molecule has 0 aliphatic heterocycles. The van der Waals surface area contributed by atoms with Crippen LogP contribution in [0.2, 0.25) is 0 Å². The highest BCUT2D eigenvalue weighted by molar-refractivity contribution is 7.95. The van der Waals surface area contributed by atoms with Gasteiger partial charge in [0.2, 0.25) is 0 Å². The van der Waals surface area contributed by atoms with Gasteiger partial charge in [0, 0.05) is 6.20 Å². The zero-order valence-corrected chi connectivity index (χ0v) is 11.8. The predicted octanol–water partition coefficient (Wildman–Crippen LogP) is 0.261. The lowest BCUT2D eigenvalue weighted by molar-refractivity contribution is 0.581. The van der Waals surface area contributed by atoms with E-state index >= 15 is 0 Å². The van der Waals surface area contributed by atoms with Gasteiger partial charge < -0.3 is 5.73 Å². The first-order valence-electron chi connectivity index (χ1n) is 5.31. The third-order valence-corrected chi connectivity index (χ3v) is 6.59. The molecule has 1 aromatic rings. The van der Waals surface area contributed by atoms with Crippen LogP contribution in [0.4, 0.5) is 5.69 Å². The number of rotatable bonds is 5. The first-order chi connectivity index (χ1) is 8.17. The van der Waals surface area contributed by atoms with Gasteiger partial charge in [-0.1, -0.05) is 0 Å². The molecule has 0 aliphatic carbocycles. The summed E-state index contributed by atoms with van der Waals surface area (Å²) < 4.78 is 47.0. The number of pyridine rings is 1. The van der Waals surface area contributed by atoms with E-state index in [9.17, 15) is 16.8 Å². The molecule has 0 aromatic carbocycles. The summed E-state index contributed by atoms with van der Waals surface area (Å²) in [6.07, 6.45) is 1.31. The van der Waals surface area contributed by atoms with E-state index in [1.165, 1.54) is 32.2 Å². The van der Waals surface area contributed by atoms with Crippen molar-refractivity contribution in [2.45, 2.75) is 24.1 Å². The van der Waals surface area contributed by atoms with Gasteiger partial charge in [-0.2, -0.15) is 0 Å². The van der Waals surface area contributed by atoms with Crippen molar-refractivity contribution in [1.29, 1.82) is 0 Å². The fourth-order valence-electron chi connectivity index (χ4n) is 1.22. The second-order valence-electron chi connectivity index (χ2n) is 4.13. The van der Waals surface area contributed by atoms with E-state index in [4.69, 9.17) is 5.73 Å². The Morgan fingerprint density at radius 2 is 1.83 bits per heavy atom. The smallest absolute Gasteiger partial charge is 0.198 e. The van der Waals surface area contributed by atoms with Gasteiger partial charge in [0.1, 0.15) is 0 Å². The maximum absolute atomic E-state index is 11.9. The molecule has 1 rings (SSSR count). The number of anilines is 1. The Labute approximate surface area is 107 Å². The Morgan fingerprint density at radius 3 is 2.33 bits per heavy atom. The van der Waals surface area contributed by atoms with Crippen LogP contribution < -0.4 is 5.73 Å². The molecule has 2 N–H and O–H groups in total. The summed E-state index contributed by atoms with van der Waals surface area (Å²) >= 11 is 0. The van der Waals surface area contributed by atoms with Crippen molar-refractivity contribution < 1.29 is 16.8 Å². The molecule has 6 nitrogen and oxygen atoms in total. The van der Waals surface area contributed by atoms with Crippen molar-refractivity contribution in [3.8, 4) is 0 Å². The van der Waals surface area contributed by atoms with E-state index in [1.807, 2.05) is 0 Å². The second-order valence-corrected chi connectivity index (χ2v) is 8.83. The topological polar surface area (TPSA) is 107 Å². The van der Waals surface area contributed by atoms with Crippen molar-refractivity contribution in [2.75, 3.05) is 17.2 Å². The van der Waals surface area contributed by atoms with Crippen LogP contribution in [0.15, 0.2) is 23.4 Å². The van der Waals surface area contributed by atoms with Crippen molar-refractivity contribution in [2.24, 2.45) is 0 Å². The number of aromatic nitrogens is 1. The molecular weight excluding hydrogens is 276 g/mol. The van der Waals surface area contributed by atoms with Crippen LogP contribution in [0.3, 0.4) is 0 Å². The fourth-order valence-corrected chi connectivity index (χ4v) is 4.34. The average Bonchev–Trinajstić information content (AvgIpc) is 2.27. The molecule has 0 amide bonds. The standard InChI is InChI=1S/C10H16N2O4S2/c1-8(2)17(13,14)6-7-18(15,16)10-9(11)4-3-5-12-10/h3-5,8H,6-7,11H2,1-2H3. The van der Waals surface area contributed by atoms with Gasteiger partial charge in [0.05, 0.1) is 22.4 Å². The molecule has 102 valence electrons. The monoisotopic (exact) mass is 292 g/mol. The molecule has 0 saturated heterocycles. The highest BCUT2D eigenvalue weighted by atomic mass is 32.2. The van der Waals surface area contributed by atoms with E-state index in [1.54, 1.807) is 0 Å². The van der Waals surface area contributed by atoms with Crippen LogP contribution in [0.5, 0.6) is 0 Å². The van der Waals surface area contributed by atoms with Crippen molar-refractivity contribution in [1.82, 2.24) is 4.98 Å². The maximum atomic E-state index is 11.9. The van der Waals surface area contributed by atoms with Crippen molar-refractivity contribution in [3.05, 3.63) is 18.3 Å². The largest absolute Gasteiger partial charge is 0.396 e.